The number of halogens is 1. The Hall–Kier alpha value is -1.91. The van der Waals surface area contributed by atoms with Crippen LogP contribution in [0.25, 0.3) is 0 Å². The number of amides is 2. The van der Waals surface area contributed by atoms with Gasteiger partial charge in [-0.2, -0.15) is 0 Å². The third kappa shape index (κ3) is 2.81. The average Bonchev–Trinajstić information content (AvgIpc) is 2.48. The molecule has 4 nitrogen and oxygen atoms in total. The molecule has 1 aromatic rings. The van der Waals surface area contributed by atoms with Gasteiger partial charge in [0.1, 0.15) is 12.1 Å². The first kappa shape index (κ1) is 14.5. The fourth-order valence-electron chi connectivity index (χ4n) is 2.49. The molecule has 1 aliphatic rings. The van der Waals surface area contributed by atoms with Gasteiger partial charge in [-0.15, -0.1) is 0 Å². The van der Waals surface area contributed by atoms with Gasteiger partial charge in [-0.25, -0.2) is 0 Å². The summed E-state index contributed by atoms with van der Waals surface area (Å²) in [7, 11) is 0. The number of hydrogen-bond donors (Lipinski definition) is 1. The predicted octanol–water partition coefficient (Wildman–Crippen LogP) is 1.82. The molecule has 1 aromatic carbocycles. The van der Waals surface area contributed by atoms with E-state index in [0.29, 0.717) is 6.42 Å². The number of carbonyl (C=O) groups is 2. The van der Waals surface area contributed by atoms with E-state index < -0.39 is 18.8 Å². The maximum Gasteiger partial charge on any atom is 0.248 e. The minimum absolute atomic E-state index is 0.130. The van der Waals surface area contributed by atoms with Crippen molar-refractivity contribution in [2.75, 3.05) is 13.2 Å². The summed E-state index contributed by atoms with van der Waals surface area (Å²) >= 11 is 0. The van der Waals surface area contributed by atoms with Gasteiger partial charge in [0.05, 0.1) is 6.67 Å². The fourth-order valence-corrected chi connectivity index (χ4v) is 2.49. The second-order valence-electron chi connectivity index (χ2n) is 4.86. The number of piperazine rings is 1. The number of carbonyl (C=O) groups excluding carboxylic acids is 2. The summed E-state index contributed by atoms with van der Waals surface area (Å²) in [5.74, 6) is -0.323. The first-order chi connectivity index (χ1) is 9.69. The van der Waals surface area contributed by atoms with Crippen molar-refractivity contribution in [2.45, 2.75) is 31.8 Å². The third-order valence-electron chi connectivity index (χ3n) is 3.51. The van der Waals surface area contributed by atoms with E-state index in [1.807, 2.05) is 37.3 Å². The van der Waals surface area contributed by atoms with E-state index >= 15 is 0 Å². The normalized spacial score (nSPS) is 22.8. The van der Waals surface area contributed by atoms with E-state index in [-0.39, 0.29) is 24.8 Å². The van der Waals surface area contributed by atoms with Crippen molar-refractivity contribution < 1.29 is 14.0 Å². The van der Waals surface area contributed by atoms with E-state index in [0.717, 1.165) is 5.56 Å². The maximum absolute atomic E-state index is 12.4. The Kier molecular flexibility index (Phi) is 4.71. The van der Waals surface area contributed by atoms with Crippen LogP contribution in [0.2, 0.25) is 0 Å². The number of nitrogens with one attached hydrogen (secondary N) is 1. The van der Waals surface area contributed by atoms with Crippen LogP contribution in [-0.2, 0) is 9.59 Å². The van der Waals surface area contributed by atoms with Crippen LogP contribution in [0.4, 0.5) is 4.39 Å². The first-order valence-corrected chi connectivity index (χ1v) is 6.90. The zero-order valence-electron chi connectivity index (χ0n) is 11.5. The molecule has 5 heteroatoms. The molecule has 1 N–H and O–H groups in total. The molecule has 2 rings (SSSR count). The largest absolute Gasteiger partial charge is 0.342 e. The van der Waals surface area contributed by atoms with Gasteiger partial charge in [-0.1, -0.05) is 37.3 Å². The lowest BCUT2D eigenvalue weighted by atomic mass is 9.98. The zero-order chi connectivity index (χ0) is 14.5. The molecule has 1 fully saturated rings. The molecule has 0 bridgehead atoms. The highest BCUT2D eigenvalue weighted by molar-refractivity contribution is 5.97. The Bertz CT molecular complexity index is 478. The molecule has 1 aliphatic heterocycles. The van der Waals surface area contributed by atoms with Crippen LogP contribution in [0.1, 0.15) is 31.4 Å². The standard InChI is InChI=1S/C15H19FN2O2/c1-2-12-15(20)18(10-6-9-16)13(14(19)17-12)11-7-4-3-5-8-11/h3-5,7-8,12-13H,2,6,9-10H2,1H3,(H,17,19). The molecule has 108 valence electrons. The average molecular weight is 278 g/mol. The molecule has 2 atom stereocenters. The van der Waals surface area contributed by atoms with E-state index in [9.17, 15) is 14.0 Å². The molecule has 0 radical (unpaired) electrons. The summed E-state index contributed by atoms with van der Waals surface area (Å²) in [6.07, 6.45) is 0.789. The molecule has 1 heterocycles. The lowest BCUT2D eigenvalue weighted by Gasteiger charge is -2.39. The quantitative estimate of drug-likeness (QED) is 0.893. The van der Waals surface area contributed by atoms with Crippen molar-refractivity contribution >= 4 is 11.8 Å². The monoisotopic (exact) mass is 278 g/mol. The smallest absolute Gasteiger partial charge is 0.248 e. The van der Waals surface area contributed by atoms with Crippen molar-refractivity contribution in [3.05, 3.63) is 35.9 Å². The fraction of sp³-hybridized carbons (Fsp3) is 0.467. The molecule has 0 saturated carbocycles. The maximum atomic E-state index is 12.4. The van der Waals surface area contributed by atoms with E-state index in [2.05, 4.69) is 5.32 Å². The molecule has 0 spiro atoms. The van der Waals surface area contributed by atoms with Crippen molar-refractivity contribution in [1.82, 2.24) is 10.2 Å². The van der Waals surface area contributed by atoms with Gasteiger partial charge in [0.2, 0.25) is 11.8 Å². The molecule has 20 heavy (non-hydrogen) atoms. The number of nitrogens with zero attached hydrogens (tertiary/aromatic N) is 1. The summed E-state index contributed by atoms with van der Waals surface area (Å²) in [5, 5.41) is 2.75. The number of rotatable bonds is 5. The lowest BCUT2D eigenvalue weighted by Crippen LogP contribution is -2.59. The molecular formula is C15H19FN2O2. The van der Waals surface area contributed by atoms with E-state index in [4.69, 9.17) is 0 Å². The summed E-state index contributed by atoms with van der Waals surface area (Å²) in [5.41, 5.74) is 0.756. The highest BCUT2D eigenvalue weighted by Crippen LogP contribution is 2.26. The van der Waals surface area contributed by atoms with Crippen LogP contribution in [0, 0.1) is 0 Å². The second-order valence-corrected chi connectivity index (χ2v) is 4.86. The minimum atomic E-state index is -0.655. The minimum Gasteiger partial charge on any atom is -0.342 e. The van der Waals surface area contributed by atoms with Gasteiger partial charge in [0.25, 0.3) is 0 Å². The van der Waals surface area contributed by atoms with Gasteiger partial charge in [-0.05, 0) is 18.4 Å². The Morgan fingerprint density at radius 3 is 2.55 bits per heavy atom. The van der Waals surface area contributed by atoms with Gasteiger partial charge in [0, 0.05) is 6.54 Å². The van der Waals surface area contributed by atoms with Crippen LogP contribution in [0.3, 0.4) is 0 Å². The Balaban J connectivity index is 2.30. The van der Waals surface area contributed by atoms with Gasteiger partial charge >= 0.3 is 0 Å². The number of benzene rings is 1. The van der Waals surface area contributed by atoms with E-state index in [1.165, 1.54) is 4.90 Å². The van der Waals surface area contributed by atoms with Crippen molar-refractivity contribution in [2.24, 2.45) is 0 Å². The molecule has 2 unspecified atom stereocenters. The van der Waals surface area contributed by atoms with Gasteiger partial charge in [0.15, 0.2) is 0 Å². The number of alkyl halides is 1. The molecule has 1 saturated heterocycles. The van der Waals surface area contributed by atoms with Crippen molar-refractivity contribution in [1.29, 1.82) is 0 Å². The Morgan fingerprint density at radius 1 is 1.25 bits per heavy atom. The van der Waals surface area contributed by atoms with Crippen molar-refractivity contribution in [3.8, 4) is 0 Å². The van der Waals surface area contributed by atoms with Crippen LogP contribution < -0.4 is 5.32 Å². The topological polar surface area (TPSA) is 49.4 Å². The Morgan fingerprint density at radius 2 is 1.95 bits per heavy atom. The predicted molar refractivity (Wildman–Crippen MR) is 73.7 cm³/mol. The van der Waals surface area contributed by atoms with Crippen LogP contribution in [-0.4, -0.2) is 36.0 Å². The molecule has 2 amide bonds. The number of hydrogen-bond acceptors (Lipinski definition) is 2. The summed E-state index contributed by atoms with van der Waals surface area (Å²) < 4.78 is 12.4. The van der Waals surface area contributed by atoms with Gasteiger partial charge < -0.3 is 10.2 Å². The molecule has 0 aliphatic carbocycles. The highest BCUT2D eigenvalue weighted by Gasteiger charge is 2.40. The SMILES string of the molecule is CCC1NC(=O)C(c2ccccc2)N(CCCF)C1=O. The van der Waals surface area contributed by atoms with Crippen LogP contribution >= 0.6 is 0 Å². The lowest BCUT2D eigenvalue weighted by molar-refractivity contribution is -0.149. The molecule has 0 aromatic heterocycles. The molecular weight excluding hydrogens is 259 g/mol. The summed E-state index contributed by atoms with van der Waals surface area (Å²) in [4.78, 5) is 26.2. The van der Waals surface area contributed by atoms with Crippen LogP contribution in [0.5, 0.6) is 0 Å². The second kappa shape index (κ2) is 6.50. The summed E-state index contributed by atoms with van der Waals surface area (Å²) in [6, 6.07) is 7.98. The zero-order valence-corrected chi connectivity index (χ0v) is 11.5. The highest BCUT2D eigenvalue weighted by atomic mass is 19.1. The third-order valence-corrected chi connectivity index (χ3v) is 3.51. The van der Waals surface area contributed by atoms with E-state index in [1.54, 1.807) is 0 Å². The Labute approximate surface area is 118 Å². The summed E-state index contributed by atoms with van der Waals surface area (Å²) in [6.45, 7) is 1.61. The van der Waals surface area contributed by atoms with Crippen molar-refractivity contribution in [3.63, 3.8) is 0 Å². The first-order valence-electron chi connectivity index (χ1n) is 6.90. The van der Waals surface area contributed by atoms with Gasteiger partial charge in [-0.3, -0.25) is 14.0 Å². The van der Waals surface area contributed by atoms with Crippen LogP contribution in [0.15, 0.2) is 30.3 Å².